The minimum Gasteiger partial charge on any atom is -0.772 e. The Kier molecular flexibility index (Phi) is 12.3. The zero-order chi connectivity index (χ0) is 14.5. The minimum absolute atomic E-state index is 0.0726. The van der Waals surface area contributed by atoms with Crippen LogP contribution in [0.3, 0.4) is 0 Å². The van der Waals surface area contributed by atoms with Gasteiger partial charge in [0.05, 0.1) is 0 Å². The summed E-state index contributed by atoms with van der Waals surface area (Å²) in [5, 5.41) is 2.91. The first kappa shape index (κ1) is 18.6. The van der Waals surface area contributed by atoms with E-state index in [1.54, 1.807) is 0 Å². The molecule has 0 aromatic rings. The predicted molar refractivity (Wildman–Crippen MR) is 78.6 cm³/mol. The highest BCUT2D eigenvalue weighted by Crippen LogP contribution is 2.08. The van der Waals surface area contributed by atoms with Crippen molar-refractivity contribution >= 4 is 17.0 Å². The lowest BCUT2D eigenvalue weighted by atomic mass is 10.1. The van der Waals surface area contributed by atoms with Gasteiger partial charge >= 0.3 is 0 Å². The summed E-state index contributed by atoms with van der Waals surface area (Å²) in [5.74, 6) is 0.509. The van der Waals surface area contributed by atoms with E-state index in [9.17, 15) is 13.6 Å². The van der Waals surface area contributed by atoms with Gasteiger partial charge in [0.25, 0.3) is 0 Å². The molecule has 1 amide bonds. The smallest absolute Gasteiger partial charge is 0.222 e. The van der Waals surface area contributed by atoms with Crippen molar-refractivity contribution in [2.24, 2.45) is 5.92 Å². The van der Waals surface area contributed by atoms with Gasteiger partial charge in [-0.1, -0.05) is 63.5 Å². The van der Waals surface area contributed by atoms with Crippen LogP contribution in [0.15, 0.2) is 0 Å². The van der Waals surface area contributed by atoms with Crippen LogP contribution in [0.5, 0.6) is 0 Å². The van der Waals surface area contributed by atoms with Crippen LogP contribution < -0.4 is 5.32 Å². The lowest BCUT2D eigenvalue weighted by molar-refractivity contribution is -0.123. The Morgan fingerprint density at radius 2 is 1.47 bits per heavy atom. The molecule has 5 heteroatoms. The third-order valence-electron chi connectivity index (χ3n) is 3.06. The van der Waals surface area contributed by atoms with Gasteiger partial charge in [0.2, 0.25) is 5.91 Å². The molecule has 0 aliphatic heterocycles. The molecule has 0 fully saturated rings. The molecule has 0 heterocycles. The largest absolute Gasteiger partial charge is 0.772 e. The van der Waals surface area contributed by atoms with Crippen molar-refractivity contribution in [3.05, 3.63) is 0 Å². The van der Waals surface area contributed by atoms with Crippen molar-refractivity contribution in [3.63, 3.8) is 0 Å². The van der Waals surface area contributed by atoms with Gasteiger partial charge in [0, 0.05) is 18.2 Å². The van der Waals surface area contributed by atoms with Crippen LogP contribution in [-0.4, -0.2) is 27.0 Å². The van der Waals surface area contributed by atoms with Gasteiger partial charge in [-0.05, 0) is 12.8 Å². The summed E-state index contributed by atoms with van der Waals surface area (Å²) >= 11 is -1.87. The van der Waals surface area contributed by atoms with E-state index < -0.39 is 11.1 Å². The maximum absolute atomic E-state index is 11.3. The molecule has 114 valence electrons. The van der Waals surface area contributed by atoms with Crippen LogP contribution in [0, 0.1) is 5.92 Å². The van der Waals surface area contributed by atoms with Gasteiger partial charge in [-0.15, -0.1) is 0 Å². The molecule has 0 aliphatic carbocycles. The molecule has 4 nitrogen and oxygen atoms in total. The fraction of sp³-hybridized carbons (Fsp3) is 0.929. The second-order valence-corrected chi connectivity index (χ2v) is 6.30. The van der Waals surface area contributed by atoms with Crippen molar-refractivity contribution in [2.45, 2.75) is 65.2 Å². The van der Waals surface area contributed by atoms with Crippen molar-refractivity contribution in [1.29, 1.82) is 0 Å². The molecule has 0 saturated heterocycles. The number of hydrogen-bond acceptors (Lipinski definition) is 3. The van der Waals surface area contributed by atoms with E-state index in [1.165, 1.54) is 19.3 Å². The SMILES string of the molecule is CC(C)C(=O)NCCCCCCCCCCS(=O)[O-]. The highest BCUT2D eigenvalue weighted by Gasteiger charge is 2.04. The molecule has 0 radical (unpaired) electrons. The van der Waals surface area contributed by atoms with Gasteiger partial charge in [-0.2, -0.15) is 0 Å². The van der Waals surface area contributed by atoms with Crippen LogP contribution in [0.25, 0.3) is 0 Å². The molecule has 19 heavy (non-hydrogen) atoms. The Bertz CT molecular complexity index is 257. The Morgan fingerprint density at radius 1 is 1.00 bits per heavy atom. The summed E-state index contributed by atoms with van der Waals surface area (Å²) in [6.45, 7) is 4.59. The number of nitrogens with one attached hydrogen (secondary N) is 1. The van der Waals surface area contributed by atoms with Gasteiger partial charge in [-0.25, -0.2) is 0 Å². The molecule has 0 spiro atoms. The van der Waals surface area contributed by atoms with Crippen LogP contribution in [0.1, 0.15) is 65.2 Å². The Balaban J connectivity index is 3.11. The highest BCUT2D eigenvalue weighted by atomic mass is 32.2. The average Bonchev–Trinajstić information content (AvgIpc) is 2.35. The number of amides is 1. The highest BCUT2D eigenvalue weighted by molar-refractivity contribution is 7.79. The number of carbonyl (C=O) groups excluding carboxylic acids is 1. The van der Waals surface area contributed by atoms with Gasteiger partial charge in [0.1, 0.15) is 0 Å². The van der Waals surface area contributed by atoms with Crippen molar-refractivity contribution in [1.82, 2.24) is 5.32 Å². The van der Waals surface area contributed by atoms with E-state index in [2.05, 4.69) is 5.32 Å². The predicted octanol–water partition coefficient (Wildman–Crippen LogP) is 2.76. The minimum atomic E-state index is -1.87. The molecule has 1 atom stereocenters. The van der Waals surface area contributed by atoms with E-state index in [0.717, 1.165) is 38.6 Å². The molecule has 0 saturated carbocycles. The first-order valence-electron chi connectivity index (χ1n) is 7.37. The lowest BCUT2D eigenvalue weighted by Gasteiger charge is -2.07. The van der Waals surface area contributed by atoms with Crippen LogP contribution in [0.2, 0.25) is 0 Å². The molecule has 0 aromatic carbocycles. The molecule has 0 bridgehead atoms. The summed E-state index contributed by atoms with van der Waals surface area (Å²) < 4.78 is 20.6. The molecule has 1 N–H and O–H groups in total. The van der Waals surface area contributed by atoms with Crippen LogP contribution in [0.4, 0.5) is 0 Å². The normalized spacial score (nSPS) is 12.6. The molecule has 0 aliphatic rings. The summed E-state index contributed by atoms with van der Waals surface area (Å²) in [7, 11) is 0. The number of unbranched alkanes of at least 4 members (excludes halogenated alkanes) is 7. The van der Waals surface area contributed by atoms with Gasteiger partial charge in [-0.3, -0.25) is 9.00 Å². The van der Waals surface area contributed by atoms with Crippen LogP contribution >= 0.6 is 0 Å². The molecule has 0 aromatic heterocycles. The number of carbonyl (C=O) groups is 1. The fourth-order valence-corrected chi connectivity index (χ4v) is 2.26. The fourth-order valence-electron chi connectivity index (χ4n) is 1.82. The maximum atomic E-state index is 11.3. The topological polar surface area (TPSA) is 69.2 Å². The quantitative estimate of drug-likeness (QED) is 0.444. The molecular formula is C14H28NO3S-. The van der Waals surface area contributed by atoms with Crippen molar-refractivity contribution < 1.29 is 13.6 Å². The number of hydrogen-bond donors (Lipinski definition) is 1. The van der Waals surface area contributed by atoms with Gasteiger partial charge < -0.3 is 9.87 Å². The van der Waals surface area contributed by atoms with E-state index in [0.29, 0.717) is 5.75 Å². The Morgan fingerprint density at radius 3 is 1.95 bits per heavy atom. The standard InChI is InChI=1S/C14H29NO3S/c1-13(2)14(16)15-11-9-7-5-3-4-6-8-10-12-19(17)18/h13H,3-12H2,1-2H3,(H,15,16)(H,17,18)/p-1. The third-order valence-corrected chi connectivity index (χ3v) is 3.68. The third kappa shape index (κ3) is 13.8. The second kappa shape index (κ2) is 12.6. The van der Waals surface area contributed by atoms with E-state index in [1.807, 2.05) is 13.8 Å². The summed E-state index contributed by atoms with van der Waals surface area (Å²) in [4.78, 5) is 11.3. The molecular weight excluding hydrogens is 262 g/mol. The maximum Gasteiger partial charge on any atom is 0.222 e. The summed E-state index contributed by atoms with van der Waals surface area (Å²) in [5.41, 5.74) is 0. The summed E-state index contributed by atoms with van der Waals surface area (Å²) in [6.07, 6.45) is 8.72. The van der Waals surface area contributed by atoms with E-state index >= 15 is 0 Å². The van der Waals surface area contributed by atoms with E-state index in [4.69, 9.17) is 0 Å². The van der Waals surface area contributed by atoms with Gasteiger partial charge in [0.15, 0.2) is 0 Å². The van der Waals surface area contributed by atoms with E-state index in [-0.39, 0.29) is 11.8 Å². The molecule has 1 unspecified atom stereocenters. The van der Waals surface area contributed by atoms with Crippen molar-refractivity contribution in [3.8, 4) is 0 Å². The molecule has 0 rings (SSSR count). The zero-order valence-corrected chi connectivity index (χ0v) is 13.1. The second-order valence-electron chi connectivity index (χ2n) is 5.28. The van der Waals surface area contributed by atoms with Crippen molar-refractivity contribution in [2.75, 3.05) is 12.3 Å². The monoisotopic (exact) mass is 290 g/mol. The number of rotatable bonds is 12. The lowest BCUT2D eigenvalue weighted by Crippen LogP contribution is -2.28. The first-order valence-corrected chi connectivity index (χ1v) is 8.62. The zero-order valence-electron chi connectivity index (χ0n) is 12.3. The summed E-state index contributed by atoms with van der Waals surface area (Å²) in [6, 6.07) is 0. The first-order chi connectivity index (χ1) is 9.04. The Labute approximate surface area is 120 Å². The van der Waals surface area contributed by atoms with Crippen LogP contribution in [-0.2, 0) is 15.9 Å². The Hall–Kier alpha value is -0.420. The average molecular weight is 290 g/mol.